The van der Waals surface area contributed by atoms with Crippen molar-refractivity contribution in [3.63, 3.8) is 0 Å². The van der Waals surface area contributed by atoms with Crippen LogP contribution in [0.2, 0.25) is 0 Å². The number of amides is 1. The SMILES string of the molecule is CCN(C(=O)C(Br)c1ccccc1)C(C)C. The fourth-order valence-electron chi connectivity index (χ4n) is 1.69. The van der Waals surface area contributed by atoms with Crippen LogP contribution in [0.3, 0.4) is 0 Å². The fraction of sp³-hybridized carbons (Fsp3) is 0.462. The quantitative estimate of drug-likeness (QED) is 0.776. The van der Waals surface area contributed by atoms with E-state index in [1.807, 2.05) is 56.0 Å². The number of halogens is 1. The van der Waals surface area contributed by atoms with Crippen molar-refractivity contribution in [3.8, 4) is 0 Å². The minimum Gasteiger partial charge on any atom is -0.339 e. The van der Waals surface area contributed by atoms with Crippen LogP contribution in [0.25, 0.3) is 0 Å². The Kier molecular flexibility index (Phi) is 5.00. The van der Waals surface area contributed by atoms with Crippen LogP contribution in [0.1, 0.15) is 31.2 Å². The van der Waals surface area contributed by atoms with Crippen LogP contribution >= 0.6 is 15.9 Å². The lowest BCUT2D eigenvalue weighted by atomic mass is 10.1. The first kappa shape index (κ1) is 13.2. The molecule has 88 valence electrons. The highest BCUT2D eigenvalue weighted by Crippen LogP contribution is 2.25. The van der Waals surface area contributed by atoms with Crippen molar-refractivity contribution in [2.24, 2.45) is 0 Å². The number of hydrogen-bond acceptors (Lipinski definition) is 1. The van der Waals surface area contributed by atoms with Gasteiger partial charge in [0.15, 0.2) is 0 Å². The second-order valence-electron chi connectivity index (χ2n) is 3.99. The first-order chi connectivity index (χ1) is 7.57. The van der Waals surface area contributed by atoms with Gasteiger partial charge in [0, 0.05) is 12.6 Å². The Hall–Kier alpha value is -0.830. The molecule has 0 saturated heterocycles. The molecule has 0 aliphatic heterocycles. The van der Waals surface area contributed by atoms with E-state index in [0.717, 1.165) is 12.1 Å². The summed E-state index contributed by atoms with van der Waals surface area (Å²) in [6, 6.07) is 10.0. The summed E-state index contributed by atoms with van der Waals surface area (Å²) in [4.78, 5) is 13.8. The van der Waals surface area contributed by atoms with Crippen molar-refractivity contribution in [2.45, 2.75) is 31.6 Å². The van der Waals surface area contributed by atoms with E-state index in [0.29, 0.717) is 0 Å². The van der Waals surface area contributed by atoms with Gasteiger partial charge >= 0.3 is 0 Å². The molecule has 1 aromatic rings. The smallest absolute Gasteiger partial charge is 0.241 e. The molecule has 1 unspecified atom stereocenters. The Labute approximate surface area is 106 Å². The molecule has 16 heavy (non-hydrogen) atoms. The predicted molar refractivity (Wildman–Crippen MR) is 70.6 cm³/mol. The van der Waals surface area contributed by atoms with E-state index in [4.69, 9.17) is 0 Å². The Morgan fingerprint density at radius 2 is 1.88 bits per heavy atom. The molecule has 0 spiro atoms. The molecule has 0 radical (unpaired) electrons. The Balaban J connectivity index is 2.81. The molecule has 0 aliphatic rings. The van der Waals surface area contributed by atoms with E-state index >= 15 is 0 Å². The topological polar surface area (TPSA) is 20.3 Å². The maximum atomic E-state index is 12.2. The number of nitrogens with zero attached hydrogens (tertiary/aromatic N) is 1. The second kappa shape index (κ2) is 6.04. The summed E-state index contributed by atoms with van der Waals surface area (Å²) >= 11 is 3.47. The summed E-state index contributed by atoms with van der Waals surface area (Å²) < 4.78 is 0. The van der Waals surface area contributed by atoms with Gasteiger partial charge in [-0.25, -0.2) is 0 Å². The van der Waals surface area contributed by atoms with E-state index in [2.05, 4.69) is 15.9 Å². The Morgan fingerprint density at radius 3 is 2.31 bits per heavy atom. The minimum atomic E-state index is -0.240. The number of rotatable bonds is 4. The second-order valence-corrected chi connectivity index (χ2v) is 4.91. The van der Waals surface area contributed by atoms with Crippen LogP contribution in [0.4, 0.5) is 0 Å². The van der Waals surface area contributed by atoms with Gasteiger partial charge in [-0.05, 0) is 26.3 Å². The molecule has 0 heterocycles. The third kappa shape index (κ3) is 3.08. The Bertz CT molecular complexity index is 337. The minimum absolute atomic E-state index is 0.128. The van der Waals surface area contributed by atoms with Gasteiger partial charge in [-0.1, -0.05) is 46.3 Å². The third-order valence-electron chi connectivity index (χ3n) is 2.56. The zero-order valence-corrected chi connectivity index (χ0v) is 11.6. The molecule has 0 fully saturated rings. The largest absolute Gasteiger partial charge is 0.339 e. The van der Waals surface area contributed by atoms with Gasteiger partial charge in [-0.15, -0.1) is 0 Å². The van der Waals surface area contributed by atoms with Crippen LogP contribution < -0.4 is 0 Å². The molecule has 1 atom stereocenters. The lowest BCUT2D eigenvalue weighted by molar-refractivity contribution is -0.132. The van der Waals surface area contributed by atoms with E-state index in [1.54, 1.807) is 0 Å². The van der Waals surface area contributed by atoms with Gasteiger partial charge in [-0.2, -0.15) is 0 Å². The molecule has 2 nitrogen and oxygen atoms in total. The lowest BCUT2D eigenvalue weighted by Gasteiger charge is -2.27. The lowest BCUT2D eigenvalue weighted by Crippen LogP contribution is -2.38. The molecule has 3 heteroatoms. The summed E-state index contributed by atoms with van der Waals surface area (Å²) in [6.07, 6.45) is 0. The summed E-state index contributed by atoms with van der Waals surface area (Å²) in [5.74, 6) is 0.128. The summed E-state index contributed by atoms with van der Waals surface area (Å²) in [5.41, 5.74) is 1.01. The average Bonchev–Trinajstić information content (AvgIpc) is 2.29. The Morgan fingerprint density at radius 1 is 1.31 bits per heavy atom. The normalized spacial score (nSPS) is 12.6. The number of hydrogen-bond donors (Lipinski definition) is 0. The van der Waals surface area contributed by atoms with E-state index < -0.39 is 0 Å². The van der Waals surface area contributed by atoms with Crippen LogP contribution in [0.15, 0.2) is 30.3 Å². The van der Waals surface area contributed by atoms with Crippen molar-refractivity contribution in [2.75, 3.05) is 6.54 Å². The van der Waals surface area contributed by atoms with Crippen molar-refractivity contribution < 1.29 is 4.79 Å². The maximum Gasteiger partial charge on any atom is 0.241 e. The van der Waals surface area contributed by atoms with Crippen LogP contribution in [-0.4, -0.2) is 23.4 Å². The maximum absolute atomic E-state index is 12.2. The summed E-state index contributed by atoms with van der Waals surface area (Å²) in [5, 5.41) is 0. The van der Waals surface area contributed by atoms with Crippen molar-refractivity contribution in [3.05, 3.63) is 35.9 Å². The van der Waals surface area contributed by atoms with Gasteiger partial charge in [0.2, 0.25) is 5.91 Å². The highest BCUT2D eigenvalue weighted by Gasteiger charge is 2.23. The van der Waals surface area contributed by atoms with Gasteiger partial charge in [0.25, 0.3) is 0 Å². The molecule has 0 bridgehead atoms. The fourth-order valence-corrected chi connectivity index (χ4v) is 2.25. The zero-order chi connectivity index (χ0) is 12.1. The molecule has 1 rings (SSSR count). The molecule has 1 aromatic carbocycles. The number of likely N-dealkylation sites (N-methyl/N-ethyl adjacent to an activating group) is 1. The van der Waals surface area contributed by atoms with E-state index in [9.17, 15) is 4.79 Å². The molecule has 1 amide bonds. The first-order valence-electron chi connectivity index (χ1n) is 5.57. The summed E-state index contributed by atoms with van der Waals surface area (Å²) in [6.45, 7) is 6.81. The van der Waals surface area contributed by atoms with Gasteiger partial charge in [0.05, 0.1) is 0 Å². The summed E-state index contributed by atoms with van der Waals surface area (Å²) in [7, 11) is 0. The van der Waals surface area contributed by atoms with Crippen molar-refractivity contribution in [1.29, 1.82) is 0 Å². The van der Waals surface area contributed by atoms with Crippen LogP contribution in [-0.2, 0) is 4.79 Å². The number of carbonyl (C=O) groups excluding carboxylic acids is 1. The third-order valence-corrected chi connectivity index (χ3v) is 3.48. The average molecular weight is 284 g/mol. The number of alkyl halides is 1. The molecule has 0 aromatic heterocycles. The van der Waals surface area contributed by atoms with Gasteiger partial charge in [0.1, 0.15) is 4.83 Å². The van der Waals surface area contributed by atoms with E-state index in [-0.39, 0.29) is 16.8 Å². The van der Waals surface area contributed by atoms with E-state index in [1.165, 1.54) is 0 Å². The highest BCUT2D eigenvalue weighted by atomic mass is 79.9. The molecule has 0 saturated carbocycles. The van der Waals surface area contributed by atoms with Gasteiger partial charge in [-0.3, -0.25) is 4.79 Å². The highest BCUT2D eigenvalue weighted by molar-refractivity contribution is 9.09. The predicted octanol–water partition coefficient (Wildman–Crippen LogP) is 3.38. The molecular weight excluding hydrogens is 266 g/mol. The molecule has 0 N–H and O–H groups in total. The standard InChI is InChI=1S/C13H18BrNO/c1-4-15(10(2)3)13(16)12(14)11-8-6-5-7-9-11/h5-10,12H,4H2,1-3H3. The van der Waals surface area contributed by atoms with Crippen molar-refractivity contribution in [1.82, 2.24) is 4.90 Å². The number of benzene rings is 1. The monoisotopic (exact) mass is 283 g/mol. The van der Waals surface area contributed by atoms with Crippen LogP contribution in [0.5, 0.6) is 0 Å². The zero-order valence-electron chi connectivity index (χ0n) is 9.98. The molecular formula is C13H18BrNO. The number of carbonyl (C=O) groups is 1. The van der Waals surface area contributed by atoms with Crippen molar-refractivity contribution >= 4 is 21.8 Å². The first-order valence-corrected chi connectivity index (χ1v) is 6.49. The van der Waals surface area contributed by atoms with Gasteiger partial charge < -0.3 is 4.90 Å². The molecule has 0 aliphatic carbocycles. The van der Waals surface area contributed by atoms with Crippen LogP contribution in [0, 0.1) is 0 Å².